The smallest absolute Gasteiger partial charge is 0.226 e. The summed E-state index contributed by atoms with van der Waals surface area (Å²) >= 11 is 0. The van der Waals surface area contributed by atoms with E-state index in [0.717, 1.165) is 77.5 Å². The van der Waals surface area contributed by atoms with Crippen molar-refractivity contribution >= 4 is 24.2 Å². The molecule has 3 atom stereocenters. The van der Waals surface area contributed by atoms with E-state index in [1.165, 1.54) is 0 Å². The number of likely N-dealkylation sites (N-methyl/N-ethyl adjacent to an activating group) is 1. The molecule has 2 saturated heterocycles. The van der Waals surface area contributed by atoms with Crippen LogP contribution in [0.15, 0.2) is 0 Å². The highest BCUT2D eigenvalue weighted by Crippen LogP contribution is 2.34. The monoisotopic (exact) mass is 357 g/mol. The van der Waals surface area contributed by atoms with Crippen molar-refractivity contribution < 1.29 is 9.59 Å². The number of rotatable bonds is 3. The van der Waals surface area contributed by atoms with Gasteiger partial charge in [0.25, 0.3) is 0 Å². The lowest BCUT2D eigenvalue weighted by Gasteiger charge is -2.39. The topological polar surface area (TPSA) is 52.7 Å². The molecule has 2 heterocycles. The van der Waals surface area contributed by atoms with Crippen LogP contribution in [0.5, 0.6) is 0 Å². The summed E-state index contributed by atoms with van der Waals surface area (Å²) in [7, 11) is 1.97. The number of amides is 2. The summed E-state index contributed by atoms with van der Waals surface area (Å²) in [6.07, 6.45) is 8.41. The third-order valence-corrected chi connectivity index (χ3v) is 5.96. The Bertz CT molecular complexity index is 440. The number of piperidine rings is 1. The SMILES string of the molecule is CNC1CCCN(C(=O)C2CCCCC2C(=O)N2CCCC2)C1.Cl. The number of carbonyl (C=O) groups is 2. The molecular formula is C18H32ClN3O2. The van der Waals surface area contributed by atoms with E-state index < -0.39 is 0 Å². The molecule has 2 aliphatic heterocycles. The van der Waals surface area contributed by atoms with E-state index in [2.05, 4.69) is 5.32 Å². The number of likely N-dealkylation sites (tertiary alicyclic amines) is 2. The van der Waals surface area contributed by atoms with Crippen LogP contribution in [0.1, 0.15) is 51.4 Å². The minimum atomic E-state index is -0.0764. The molecule has 1 saturated carbocycles. The fourth-order valence-corrected chi connectivity index (χ4v) is 4.54. The zero-order chi connectivity index (χ0) is 16.2. The van der Waals surface area contributed by atoms with Gasteiger partial charge in [0.2, 0.25) is 11.8 Å². The Labute approximate surface area is 151 Å². The van der Waals surface area contributed by atoms with Crippen molar-refractivity contribution in [2.24, 2.45) is 11.8 Å². The van der Waals surface area contributed by atoms with E-state index in [9.17, 15) is 9.59 Å². The predicted molar refractivity (Wildman–Crippen MR) is 97.2 cm³/mol. The average Bonchev–Trinajstić information content (AvgIpc) is 3.15. The molecule has 3 unspecified atom stereocenters. The minimum absolute atomic E-state index is 0. The van der Waals surface area contributed by atoms with Crippen LogP contribution >= 0.6 is 12.4 Å². The summed E-state index contributed by atoms with van der Waals surface area (Å²) in [5.74, 6) is 0.349. The molecule has 1 aliphatic carbocycles. The summed E-state index contributed by atoms with van der Waals surface area (Å²) in [5, 5.41) is 3.30. The summed E-state index contributed by atoms with van der Waals surface area (Å²) < 4.78 is 0. The Morgan fingerprint density at radius 3 is 1.92 bits per heavy atom. The summed E-state index contributed by atoms with van der Waals surface area (Å²) in [5.41, 5.74) is 0. The fraction of sp³-hybridized carbons (Fsp3) is 0.889. The van der Waals surface area contributed by atoms with Gasteiger partial charge in [-0.3, -0.25) is 9.59 Å². The standard InChI is InChI=1S/C18H31N3O2.ClH/c1-19-14-7-6-12-21(13-14)18(23)16-9-3-2-8-15(16)17(22)20-10-4-5-11-20;/h14-16,19H,2-13H2,1H3;1H. The first kappa shape index (κ1) is 19.5. The Morgan fingerprint density at radius 2 is 1.33 bits per heavy atom. The number of nitrogens with one attached hydrogen (secondary N) is 1. The van der Waals surface area contributed by atoms with E-state index >= 15 is 0 Å². The zero-order valence-corrected chi connectivity index (χ0v) is 15.7. The van der Waals surface area contributed by atoms with Crippen LogP contribution in [0.4, 0.5) is 0 Å². The molecule has 0 aromatic carbocycles. The first-order valence-electron chi connectivity index (χ1n) is 9.45. The third kappa shape index (κ3) is 4.23. The number of hydrogen-bond acceptors (Lipinski definition) is 3. The summed E-state index contributed by atoms with van der Waals surface area (Å²) in [6, 6.07) is 0.407. The molecule has 3 rings (SSSR count). The Morgan fingerprint density at radius 1 is 0.792 bits per heavy atom. The highest BCUT2D eigenvalue weighted by molar-refractivity contribution is 5.88. The summed E-state index contributed by atoms with van der Waals surface area (Å²) in [4.78, 5) is 30.0. The second kappa shape index (κ2) is 9.04. The Balaban J connectivity index is 0.00000208. The minimum Gasteiger partial charge on any atom is -0.342 e. The zero-order valence-electron chi connectivity index (χ0n) is 14.8. The lowest BCUT2D eigenvalue weighted by Crippen LogP contribution is -2.51. The van der Waals surface area contributed by atoms with Crippen molar-refractivity contribution in [2.75, 3.05) is 33.2 Å². The molecule has 0 radical (unpaired) electrons. The van der Waals surface area contributed by atoms with E-state index in [1.54, 1.807) is 0 Å². The molecule has 1 N–H and O–H groups in total. The van der Waals surface area contributed by atoms with Crippen molar-refractivity contribution in [3.05, 3.63) is 0 Å². The largest absolute Gasteiger partial charge is 0.342 e. The molecule has 24 heavy (non-hydrogen) atoms. The van der Waals surface area contributed by atoms with Gasteiger partial charge in [-0.05, 0) is 45.6 Å². The molecule has 0 aromatic rings. The van der Waals surface area contributed by atoms with E-state index in [0.29, 0.717) is 6.04 Å². The first-order valence-corrected chi connectivity index (χ1v) is 9.45. The lowest BCUT2D eigenvalue weighted by atomic mass is 9.77. The first-order chi connectivity index (χ1) is 11.2. The Kier molecular flexibility index (Phi) is 7.35. The van der Waals surface area contributed by atoms with E-state index in [-0.39, 0.29) is 36.1 Å². The Hall–Kier alpha value is -0.810. The van der Waals surface area contributed by atoms with Crippen molar-refractivity contribution in [3.63, 3.8) is 0 Å². The quantitative estimate of drug-likeness (QED) is 0.841. The third-order valence-electron chi connectivity index (χ3n) is 5.96. The van der Waals surface area contributed by atoms with Crippen molar-refractivity contribution in [1.29, 1.82) is 0 Å². The van der Waals surface area contributed by atoms with Crippen LogP contribution in [-0.4, -0.2) is 60.9 Å². The predicted octanol–water partition coefficient (Wildman–Crippen LogP) is 2.05. The van der Waals surface area contributed by atoms with Crippen molar-refractivity contribution in [1.82, 2.24) is 15.1 Å². The molecule has 0 bridgehead atoms. The normalized spacial score (nSPS) is 30.8. The van der Waals surface area contributed by atoms with Gasteiger partial charge < -0.3 is 15.1 Å². The van der Waals surface area contributed by atoms with Gasteiger partial charge in [-0.15, -0.1) is 12.4 Å². The second-order valence-corrected chi connectivity index (χ2v) is 7.44. The van der Waals surface area contributed by atoms with Gasteiger partial charge in [-0.2, -0.15) is 0 Å². The van der Waals surface area contributed by atoms with Gasteiger partial charge in [0, 0.05) is 44.1 Å². The van der Waals surface area contributed by atoms with Gasteiger partial charge in [-0.1, -0.05) is 12.8 Å². The van der Waals surface area contributed by atoms with Crippen LogP contribution in [-0.2, 0) is 9.59 Å². The maximum Gasteiger partial charge on any atom is 0.226 e. The van der Waals surface area contributed by atoms with Gasteiger partial charge in [0.05, 0.1) is 0 Å². The molecule has 6 heteroatoms. The number of halogens is 1. The highest BCUT2D eigenvalue weighted by atomic mass is 35.5. The molecule has 0 aromatic heterocycles. The molecule has 3 fully saturated rings. The second-order valence-electron chi connectivity index (χ2n) is 7.44. The molecular weight excluding hydrogens is 326 g/mol. The maximum atomic E-state index is 13.1. The fourth-order valence-electron chi connectivity index (χ4n) is 4.54. The van der Waals surface area contributed by atoms with Gasteiger partial charge >= 0.3 is 0 Å². The molecule has 0 spiro atoms. The van der Waals surface area contributed by atoms with Crippen LogP contribution in [0.2, 0.25) is 0 Å². The van der Waals surface area contributed by atoms with Crippen molar-refractivity contribution in [3.8, 4) is 0 Å². The molecule has 138 valence electrons. The number of nitrogens with zero attached hydrogens (tertiary/aromatic N) is 2. The van der Waals surface area contributed by atoms with Crippen LogP contribution in [0, 0.1) is 11.8 Å². The van der Waals surface area contributed by atoms with Gasteiger partial charge in [0.15, 0.2) is 0 Å². The molecule has 2 amide bonds. The van der Waals surface area contributed by atoms with Gasteiger partial charge in [0.1, 0.15) is 0 Å². The van der Waals surface area contributed by atoms with Crippen LogP contribution in [0.3, 0.4) is 0 Å². The van der Waals surface area contributed by atoms with Crippen LogP contribution in [0.25, 0.3) is 0 Å². The van der Waals surface area contributed by atoms with E-state index in [4.69, 9.17) is 0 Å². The lowest BCUT2D eigenvalue weighted by molar-refractivity contribution is -0.148. The molecule has 5 nitrogen and oxygen atoms in total. The van der Waals surface area contributed by atoms with Crippen LogP contribution < -0.4 is 5.32 Å². The molecule has 3 aliphatic rings. The van der Waals surface area contributed by atoms with E-state index in [1.807, 2.05) is 16.8 Å². The highest BCUT2D eigenvalue weighted by Gasteiger charge is 2.40. The van der Waals surface area contributed by atoms with Crippen molar-refractivity contribution in [2.45, 2.75) is 57.4 Å². The van der Waals surface area contributed by atoms with Gasteiger partial charge in [-0.25, -0.2) is 0 Å². The summed E-state index contributed by atoms with van der Waals surface area (Å²) in [6.45, 7) is 3.44. The number of hydrogen-bond donors (Lipinski definition) is 1. The number of carbonyl (C=O) groups excluding carboxylic acids is 2. The average molecular weight is 358 g/mol. The maximum absolute atomic E-state index is 13.1.